The number of aromatic nitrogens is 1. The Bertz CT molecular complexity index is 761. The number of rotatable bonds is 4. The van der Waals surface area contributed by atoms with Gasteiger partial charge in [0.1, 0.15) is 0 Å². The van der Waals surface area contributed by atoms with Crippen molar-refractivity contribution in [3.63, 3.8) is 0 Å². The summed E-state index contributed by atoms with van der Waals surface area (Å²) in [4.78, 5) is 4.56. The fourth-order valence-corrected chi connectivity index (χ4v) is 3.57. The minimum atomic E-state index is 0.313. The van der Waals surface area contributed by atoms with Crippen LogP contribution in [0.5, 0.6) is 0 Å². The zero-order valence-electron chi connectivity index (χ0n) is 13.2. The van der Waals surface area contributed by atoms with Crippen molar-refractivity contribution in [2.75, 3.05) is 0 Å². The normalized spacial score (nSPS) is 12.1. The monoisotopic (exact) mass is 277 g/mol. The van der Waals surface area contributed by atoms with Crippen molar-refractivity contribution in [1.29, 1.82) is 0 Å². The maximum absolute atomic E-state index is 4.56. The average Bonchev–Trinajstić information content (AvgIpc) is 2.56. The molecule has 1 nitrogen and oxygen atoms in total. The van der Waals surface area contributed by atoms with E-state index in [1.165, 1.54) is 41.0 Å². The molecule has 0 aliphatic rings. The lowest BCUT2D eigenvalue weighted by atomic mass is 9.73. The number of hydrogen-bond acceptors (Lipinski definition) is 1. The molecule has 3 aromatic rings. The van der Waals surface area contributed by atoms with Gasteiger partial charge in [-0.1, -0.05) is 57.2 Å². The summed E-state index contributed by atoms with van der Waals surface area (Å²) in [6, 6.07) is 15.5. The van der Waals surface area contributed by atoms with Crippen LogP contribution in [-0.2, 0) is 5.41 Å². The van der Waals surface area contributed by atoms with Crippen LogP contribution in [-0.4, -0.2) is 4.98 Å². The van der Waals surface area contributed by atoms with E-state index >= 15 is 0 Å². The summed E-state index contributed by atoms with van der Waals surface area (Å²) in [5, 5.41) is 3.78. The standard InChI is InChI=1S/C20H23N/c1-4-20(5-2,6-3)17-11-12-18-16(14-17)10-9-15-8-7-13-21-19(15)18/h7-14H,4-6H2,1-3H3. The Morgan fingerprint density at radius 2 is 1.57 bits per heavy atom. The molecule has 2 aromatic carbocycles. The summed E-state index contributed by atoms with van der Waals surface area (Å²) in [5.74, 6) is 0. The van der Waals surface area contributed by atoms with Crippen LogP contribution in [0.15, 0.2) is 48.7 Å². The third-order valence-electron chi connectivity index (χ3n) is 5.23. The topological polar surface area (TPSA) is 12.9 Å². The lowest BCUT2D eigenvalue weighted by Crippen LogP contribution is -2.23. The largest absolute Gasteiger partial charge is 0.256 e. The zero-order valence-corrected chi connectivity index (χ0v) is 13.2. The molecule has 0 unspecified atom stereocenters. The summed E-state index contributed by atoms with van der Waals surface area (Å²) < 4.78 is 0. The van der Waals surface area contributed by atoms with E-state index in [-0.39, 0.29) is 0 Å². The van der Waals surface area contributed by atoms with Gasteiger partial charge in [0.15, 0.2) is 0 Å². The van der Waals surface area contributed by atoms with Gasteiger partial charge < -0.3 is 0 Å². The van der Waals surface area contributed by atoms with Crippen molar-refractivity contribution in [1.82, 2.24) is 4.98 Å². The van der Waals surface area contributed by atoms with E-state index in [0.29, 0.717) is 5.41 Å². The highest BCUT2D eigenvalue weighted by atomic mass is 14.6. The lowest BCUT2D eigenvalue weighted by molar-refractivity contribution is 0.382. The van der Waals surface area contributed by atoms with Crippen LogP contribution in [0.2, 0.25) is 0 Å². The molecule has 0 saturated carbocycles. The molecule has 3 rings (SSSR count). The van der Waals surface area contributed by atoms with E-state index in [1.807, 2.05) is 12.3 Å². The number of nitrogens with zero attached hydrogens (tertiary/aromatic N) is 1. The molecular weight excluding hydrogens is 254 g/mol. The fourth-order valence-electron chi connectivity index (χ4n) is 3.57. The van der Waals surface area contributed by atoms with Crippen LogP contribution in [0.25, 0.3) is 21.7 Å². The van der Waals surface area contributed by atoms with Crippen molar-refractivity contribution in [2.24, 2.45) is 0 Å². The van der Waals surface area contributed by atoms with Gasteiger partial charge in [0, 0.05) is 17.0 Å². The van der Waals surface area contributed by atoms with Gasteiger partial charge in [-0.2, -0.15) is 0 Å². The Kier molecular flexibility index (Phi) is 3.67. The predicted molar refractivity (Wildman–Crippen MR) is 91.8 cm³/mol. The molecule has 0 bridgehead atoms. The smallest absolute Gasteiger partial charge is 0.0780 e. The maximum Gasteiger partial charge on any atom is 0.0780 e. The maximum atomic E-state index is 4.56. The van der Waals surface area contributed by atoms with Crippen LogP contribution in [0, 0.1) is 0 Å². The first-order valence-corrected chi connectivity index (χ1v) is 8.02. The Morgan fingerprint density at radius 3 is 2.29 bits per heavy atom. The number of pyridine rings is 1. The van der Waals surface area contributed by atoms with Gasteiger partial charge >= 0.3 is 0 Å². The summed E-state index contributed by atoms with van der Waals surface area (Å²) in [7, 11) is 0. The number of hydrogen-bond donors (Lipinski definition) is 0. The molecule has 0 radical (unpaired) electrons. The number of benzene rings is 2. The van der Waals surface area contributed by atoms with Crippen LogP contribution in [0.1, 0.15) is 45.6 Å². The average molecular weight is 277 g/mol. The van der Waals surface area contributed by atoms with Gasteiger partial charge in [0.25, 0.3) is 0 Å². The van der Waals surface area contributed by atoms with Crippen molar-refractivity contribution >= 4 is 21.7 Å². The van der Waals surface area contributed by atoms with Gasteiger partial charge in [0.05, 0.1) is 5.52 Å². The second-order valence-electron chi connectivity index (χ2n) is 5.92. The molecule has 0 aliphatic heterocycles. The minimum absolute atomic E-state index is 0.313. The van der Waals surface area contributed by atoms with E-state index in [0.717, 1.165) is 5.52 Å². The molecule has 21 heavy (non-hydrogen) atoms. The molecule has 0 spiro atoms. The molecule has 1 aromatic heterocycles. The SMILES string of the molecule is CCC(CC)(CC)c1ccc2c(ccc3cccnc32)c1. The second-order valence-corrected chi connectivity index (χ2v) is 5.92. The first kappa shape index (κ1) is 14.1. The highest BCUT2D eigenvalue weighted by Crippen LogP contribution is 2.37. The fraction of sp³-hybridized carbons (Fsp3) is 0.350. The molecule has 0 saturated heterocycles. The van der Waals surface area contributed by atoms with E-state index in [2.05, 4.69) is 62.2 Å². The molecule has 0 aliphatic carbocycles. The third kappa shape index (κ3) is 2.21. The van der Waals surface area contributed by atoms with Crippen molar-refractivity contribution in [3.05, 3.63) is 54.2 Å². The summed E-state index contributed by atoms with van der Waals surface area (Å²) in [6.45, 7) is 6.91. The Labute approximate surface area is 127 Å². The Morgan fingerprint density at radius 1 is 0.857 bits per heavy atom. The van der Waals surface area contributed by atoms with Gasteiger partial charge in [0.2, 0.25) is 0 Å². The summed E-state index contributed by atoms with van der Waals surface area (Å²) in [6.07, 6.45) is 5.45. The highest BCUT2D eigenvalue weighted by molar-refractivity contribution is 6.05. The second kappa shape index (κ2) is 5.48. The van der Waals surface area contributed by atoms with E-state index in [1.54, 1.807) is 0 Å². The molecular formula is C20H23N. The zero-order chi connectivity index (χ0) is 14.9. The number of fused-ring (bicyclic) bond motifs is 3. The highest BCUT2D eigenvalue weighted by Gasteiger charge is 2.26. The predicted octanol–water partition coefficient (Wildman–Crippen LogP) is 5.86. The molecule has 1 heteroatoms. The Balaban J connectivity index is 2.24. The lowest BCUT2D eigenvalue weighted by Gasteiger charge is -2.31. The van der Waals surface area contributed by atoms with Gasteiger partial charge in [-0.3, -0.25) is 4.98 Å². The first-order chi connectivity index (χ1) is 10.2. The molecule has 0 amide bonds. The summed E-state index contributed by atoms with van der Waals surface area (Å²) >= 11 is 0. The van der Waals surface area contributed by atoms with Crippen molar-refractivity contribution in [3.8, 4) is 0 Å². The van der Waals surface area contributed by atoms with Crippen LogP contribution in [0.4, 0.5) is 0 Å². The van der Waals surface area contributed by atoms with Crippen molar-refractivity contribution in [2.45, 2.75) is 45.4 Å². The van der Waals surface area contributed by atoms with Gasteiger partial charge in [-0.05, 0) is 41.7 Å². The van der Waals surface area contributed by atoms with Crippen LogP contribution >= 0.6 is 0 Å². The molecule has 0 N–H and O–H groups in total. The summed E-state index contributed by atoms with van der Waals surface area (Å²) in [5.41, 5.74) is 2.89. The van der Waals surface area contributed by atoms with Crippen LogP contribution in [0.3, 0.4) is 0 Å². The first-order valence-electron chi connectivity index (χ1n) is 8.02. The molecule has 0 fully saturated rings. The molecule has 108 valence electrons. The molecule has 1 heterocycles. The van der Waals surface area contributed by atoms with Gasteiger partial charge in [-0.15, -0.1) is 0 Å². The van der Waals surface area contributed by atoms with Gasteiger partial charge in [-0.25, -0.2) is 0 Å². The molecule has 0 atom stereocenters. The van der Waals surface area contributed by atoms with E-state index in [9.17, 15) is 0 Å². The van der Waals surface area contributed by atoms with Crippen molar-refractivity contribution < 1.29 is 0 Å². The Hall–Kier alpha value is -1.89. The van der Waals surface area contributed by atoms with E-state index < -0.39 is 0 Å². The third-order valence-corrected chi connectivity index (χ3v) is 5.23. The quantitative estimate of drug-likeness (QED) is 0.545. The van der Waals surface area contributed by atoms with Crippen LogP contribution < -0.4 is 0 Å². The van der Waals surface area contributed by atoms with E-state index in [4.69, 9.17) is 0 Å². The minimum Gasteiger partial charge on any atom is -0.256 e.